The minimum Gasteiger partial charge on any atom is -0.495 e. The minimum atomic E-state index is -0.286. The number of hydrogen-bond donors (Lipinski definition) is 1. The minimum absolute atomic E-state index is 0.286. The molecule has 2 aromatic rings. The third-order valence-corrected chi connectivity index (χ3v) is 3.73. The van der Waals surface area contributed by atoms with Crippen molar-refractivity contribution in [2.24, 2.45) is 0 Å². The zero-order valence-electron chi connectivity index (χ0n) is 14.7. The molecule has 0 saturated heterocycles. The fourth-order valence-corrected chi connectivity index (χ4v) is 2.30. The van der Waals surface area contributed by atoms with Gasteiger partial charge in [0, 0.05) is 19.7 Å². The molecule has 0 unspecified atom stereocenters. The van der Waals surface area contributed by atoms with Crippen molar-refractivity contribution in [3.05, 3.63) is 41.9 Å². The third kappa shape index (κ3) is 4.44. The van der Waals surface area contributed by atoms with Gasteiger partial charge in [-0.3, -0.25) is 4.79 Å². The second-order valence-electron chi connectivity index (χ2n) is 5.69. The molecule has 1 heterocycles. The molecule has 0 atom stereocenters. The number of carbonyl (C=O) groups excluding carboxylic acids is 1. The van der Waals surface area contributed by atoms with Gasteiger partial charge >= 0.3 is 0 Å². The standard InChI is InChI=1S/C18H24N4O2/c1-5-6-9-22(3)17-11-15(19-12-20-17)18(23)21-14-10-13(2)7-8-16(14)24-4/h7-8,10-12H,5-6,9H2,1-4H3,(H,21,23). The highest BCUT2D eigenvalue weighted by atomic mass is 16.5. The summed E-state index contributed by atoms with van der Waals surface area (Å²) in [6.45, 7) is 4.99. The summed E-state index contributed by atoms with van der Waals surface area (Å²) >= 11 is 0. The van der Waals surface area contributed by atoms with Gasteiger partial charge in [0.2, 0.25) is 0 Å². The normalized spacial score (nSPS) is 10.3. The molecule has 1 amide bonds. The number of nitrogens with one attached hydrogen (secondary N) is 1. The number of ether oxygens (including phenoxy) is 1. The van der Waals surface area contributed by atoms with Crippen LogP contribution in [0.25, 0.3) is 0 Å². The lowest BCUT2D eigenvalue weighted by atomic mass is 10.2. The predicted octanol–water partition coefficient (Wildman–Crippen LogP) is 3.28. The van der Waals surface area contributed by atoms with E-state index in [4.69, 9.17) is 4.74 Å². The number of benzene rings is 1. The Morgan fingerprint density at radius 3 is 2.79 bits per heavy atom. The molecule has 2 rings (SSSR count). The van der Waals surface area contributed by atoms with Crippen LogP contribution in [0.2, 0.25) is 0 Å². The van der Waals surface area contributed by atoms with Crippen molar-refractivity contribution in [2.75, 3.05) is 30.9 Å². The molecule has 0 spiro atoms. The summed E-state index contributed by atoms with van der Waals surface area (Å²) in [5.74, 6) is 1.06. The van der Waals surface area contributed by atoms with E-state index >= 15 is 0 Å². The van der Waals surface area contributed by atoms with Crippen LogP contribution >= 0.6 is 0 Å². The Labute approximate surface area is 142 Å². The molecule has 1 N–H and O–H groups in total. The molecule has 0 aliphatic heterocycles. The number of hydrogen-bond acceptors (Lipinski definition) is 5. The predicted molar refractivity (Wildman–Crippen MR) is 95.9 cm³/mol. The lowest BCUT2D eigenvalue weighted by Gasteiger charge is -2.18. The second kappa shape index (κ2) is 8.29. The van der Waals surface area contributed by atoms with Crippen LogP contribution in [0, 0.1) is 6.92 Å². The van der Waals surface area contributed by atoms with Crippen LogP contribution in [-0.4, -0.2) is 36.6 Å². The molecule has 0 aliphatic carbocycles. The maximum absolute atomic E-state index is 12.5. The molecular formula is C18H24N4O2. The van der Waals surface area contributed by atoms with Crippen LogP contribution < -0.4 is 15.0 Å². The van der Waals surface area contributed by atoms with Gasteiger partial charge in [-0.25, -0.2) is 9.97 Å². The SMILES string of the molecule is CCCCN(C)c1cc(C(=O)Nc2cc(C)ccc2OC)ncn1. The van der Waals surface area contributed by atoms with Crippen molar-refractivity contribution in [1.82, 2.24) is 9.97 Å². The number of aromatic nitrogens is 2. The molecule has 1 aromatic heterocycles. The zero-order chi connectivity index (χ0) is 17.5. The fraction of sp³-hybridized carbons (Fsp3) is 0.389. The summed E-state index contributed by atoms with van der Waals surface area (Å²) in [7, 11) is 3.54. The van der Waals surface area contributed by atoms with Crippen LogP contribution in [0.3, 0.4) is 0 Å². The van der Waals surface area contributed by atoms with E-state index in [1.54, 1.807) is 13.2 Å². The number of amides is 1. The summed E-state index contributed by atoms with van der Waals surface area (Å²) in [4.78, 5) is 22.9. The van der Waals surface area contributed by atoms with Crippen molar-refractivity contribution >= 4 is 17.4 Å². The summed E-state index contributed by atoms with van der Waals surface area (Å²) < 4.78 is 5.29. The summed E-state index contributed by atoms with van der Waals surface area (Å²) in [5, 5.41) is 2.86. The van der Waals surface area contributed by atoms with Gasteiger partial charge in [0.05, 0.1) is 12.8 Å². The van der Waals surface area contributed by atoms with Crippen molar-refractivity contribution < 1.29 is 9.53 Å². The molecule has 0 aliphatic rings. The van der Waals surface area contributed by atoms with Crippen LogP contribution in [-0.2, 0) is 0 Å². The van der Waals surface area contributed by atoms with E-state index in [2.05, 4.69) is 22.2 Å². The smallest absolute Gasteiger partial charge is 0.274 e. The number of nitrogens with zero attached hydrogens (tertiary/aromatic N) is 3. The first-order valence-corrected chi connectivity index (χ1v) is 8.04. The van der Waals surface area contributed by atoms with Gasteiger partial charge in [0.1, 0.15) is 23.6 Å². The number of methoxy groups -OCH3 is 1. The summed E-state index contributed by atoms with van der Waals surface area (Å²) in [6.07, 6.45) is 3.60. The largest absolute Gasteiger partial charge is 0.495 e. The lowest BCUT2D eigenvalue weighted by molar-refractivity contribution is 0.102. The first kappa shape index (κ1) is 17.7. The van der Waals surface area contributed by atoms with E-state index in [9.17, 15) is 4.79 Å². The molecule has 6 heteroatoms. The number of anilines is 2. The topological polar surface area (TPSA) is 67.4 Å². The van der Waals surface area contributed by atoms with Gasteiger partial charge in [0.25, 0.3) is 5.91 Å². The van der Waals surface area contributed by atoms with Gasteiger partial charge in [-0.1, -0.05) is 19.4 Å². The quantitative estimate of drug-likeness (QED) is 0.845. The van der Waals surface area contributed by atoms with Gasteiger partial charge in [-0.15, -0.1) is 0 Å². The van der Waals surface area contributed by atoms with Crippen LogP contribution in [0.15, 0.2) is 30.6 Å². The lowest BCUT2D eigenvalue weighted by Crippen LogP contribution is -2.21. The maximum atomic E-state index is 12.5. The molecular weight excluding hydrogens is 304 g/mol. The molecule has 0 fully saturated rings. The molecule has 0 bridgehead atoms. The first-order chi connectivity index (χ1) is 11.5. The highest BCUT2D eigenvalue weighted by Crippen LogP contribution is 2.25. The zero-order valence-corrected chi connectivity index (χ0v) is 14.7. The molecule has 0 radical (unpaired) electrons. The Morgan fingerprint density at radius 1 is 1.29 bits per heavy atom. The molecule has 1 aromatic carbocycles. The van der Waals surface area contributed by atoms with Crippen LogP contribution in [0.1, 0.15) is 35.8 Å². The van der Waals surface area contributed by atoms with E-state index in [0.29, 0.717) is 17.1 Å². The van der Waals surface area contributed by atoms with E-state index in [1.807, 2.05) is 37.1 Å². The Morgan fingerprint density at radius 2 is 2.08 bits per heavy atom. The first-order valence-electron chi connectivity index (χ1n) is 8.04. The van der Waals surface area contributed by atoms with E-state index < -0.39 is 0 Å². The average Bonchev–Trinajstić information content (AvgIpc) is 2.60. The van der Waals surface area contributed by atoms with E-state index in [0.717, 1.165) is 30.8 Å². The van der Waals surface area contributed by atoms with Crippen LogP contribution in [0.4, 0.5) is 11.5 Å². The van der Waals surface area contributed by atoms with E-state index in [-0.39, 0.29) is 5.91 Å². The maximum Gasteiger partial charge on any atom is 0.274 e. The van der Waals surface area contributed by atoms with Crippen molar-refractivity contribution in [3.8, 4) is 5.75 Å². The summed E-state index contributed by atoms with van der Waals surface area (Å²) in [6, 6.07) is 7.33. The number of unbranched alkanes of at least 4 members (excludes halogenated alkanes) is 1. The average molecular weight is 328 g/mol. The number of aryl methyl sites for hydroxylation is 1. The monoisotopic (exact) mass is 328 g/mol. The Balaban J connectivity index is 2.17. The number of rotatable bonds is 7. The Kier molecular flexibility index (Phi) is 6.12. The number of carbonyl (C=O) groups is 1. The van der Waals surface area contributed by atoms with E-state index in [1.165, 1.54) is 6.33 Å². The second-order valence-corrected chi connectivity index (χ2v) is 5.69. The Bertz CT molecular complexity index is 703. The fourth-order valence-electron chi connectivity index (χ4n) is 2.30. The van der Waals surface area contributed by atoms with Gasteiger partial charge in [-0.2, -0.15) is 0 Å². The summed E-state index contributed by atoms with van der Waals surface area (Å²) in [5.41, 5.74) is 1.99. The Hall–Kier alpha value is -2.63. The van der Waals surface area contributed by atoms with Crippen molar-refractivity contribution in [1.29, 1.82) is 0 Å². The highest BCUT2D eigenvalue weighted by molar-refractivity contribution is 6.04. The third-order valence-electron chi connectivity index (χ3n) is 3.73. The van der Waals surface area contributed by atoms with Crippen LogP contribution in [0.5, 0.6) is 5.75 Å². The molecule has 0 saturated carbocycles. The van der Waals surface area contributed by atoms with Gasteiger partial charge in [-0.05, 0) is 31.0 Å². The van der Waals surface area contributed by atoms with Crippen molar-refractivity contribution in [3.63, 3.8) is 0 Å². The molecule has 6 nitrogen and oxygen atoms in total. The van der Waals surface area contributed by atoms with Crippen molar-refractivity contribution in [2.45, 2.75) is 26.7 Å². The van der Waals surface area contributed by atoms with Gasteiger partial charge < -0.3 is 15.0 Å². The molecule has 128 valence electrons. The molecule has 24 heavy (non-hydrogen) atoms. The highest BCUT2D eigenvalue weighted by Gasteiger charge is 2.13. The van der Waals surface area contributed by atoms with Gasteiger partial charge in [0.15, 0.2) is 0 Å².